The Balaban J connectivity index is 2.22. The first kappa shape index (κ1) is 18.0. The van der Waals surface area contributed by atoms with Gasteiger partial charge in [-0.15, -0.1) is 0 Å². The lowest BCUT2D eigenvalue weighted by Crippen LogP contribution is -2.07. The summed E-state index contributed by atoms with van der Waals surface area (Å²) in [6.45, 7) is 10.8. The van der Waals surface area contributed by atoms with Crippen molar-refractivity contribution in [2.75, 3.05) is 6.61 Å². The normalized spacial score (nSPS) is 25.9. The molecule has 0 N–H and O–H groups in total. The second-order valence-electron chi connectivity index (χ2n) is 6.14. The molecule has 1 aliphatic heterocycles. The fourth-order valence-corrected chi connectivity index (χ4v) is 2.43. The monoisotopic (exact) mass is 294 g/mol. The average Bonchev–Trinajstić information content (AvgIpc) is 3.08. The minimum absolute atomic E-state index is 0.138. The second kappa shape index (κ2) is 8.38. The van der Waals surface area contributed by atoms with Crippen LogP contribution in [0, 0.1) is 0 Å². The first-order valence-corrected chi connectivity index (χ1v) is 8.08. The van der Waals surface area contributed by atoms with Crippen LogP contribution in [0.15, 0.2) is 23.3 Å². The largest absolute Gasteiger partial charge is 0.463 e. The molecule has 0 saturated carbocycles. The second-order valence-corrected chi connectivity index (χ2v) is 6.14. The third kappa shape index (κ3) is 6.47. The molecular weight excluding hydrogens is 264 g/mol. The number of allylic oxidation sites excluding steroid dienone is 3. The highest BCUT2D eigenvalue weighted by molar-refractivity contribution is 5.82. The zero-order valence-electron chi connectivity index (χ0n) is 14.2. The summed E-state index contributed by atoms with van der Waals surface area (Å²) in [4.78, 5) is 11.3. The molecule has 2 unspecified atom stereocenters. The van der Waals surface area contributed by atoms with Gasteiger partial charge in [-0.3, -0.25) is 0 Å². The molecule has 0 bridgehead atoms. The van der Waals surface area contributed by atoms with Gasteiger partial charge >= 0.3 is 5.97 Å². The van der Waals surface area contributed by atoms with Crippen LogP contribution in [0.25, 0.3) is 0 Å². The number of rotatable bonds is 9. The third-order valence-electron chi connectivity index (χ3n) is 4.22. The molecule has 120 valence electrons. The van der Waals surface area contributed by atoms with Gasteiger partial charge in [0.25, 0.3) is 0 Å². The fraction of sp³-hybridized carbons (Fsp3) is 0.722. The Kier molecular flexibility index (Phi) is 7.16. The molecule has 0 spiro atoms. The zero-order valence-corrected chi connectivity index (χ0v) is 14.2. The zero-order chi connectivity index (χ0) is 15.9. The van der Waals surface area contributed by atoms with E-state index in [1.165, 1.54) is 5.57 Å². The molecule has 1 aliphatic rings. The van der Waals surface area contributed by atoms with Crippen molar-refractivity contribution in [2.24, 2.45) is 0 Å². The predicted molar refractivity (Wildman–Crippen MR) is 86.2 cm³/mol. The summed E-state index contributed by atoms with van der Waals surface area (Å²) in [6, 6.07) is 0. The van der Waals surface area contributed by atoms with E-state index in [0.717, 1.165) is 37.7 Å². The van der Waals surface area contributed by atoms with Gasteiger partial charge in [0.15, 0.2) is 0 Å². The van der Waals surface area contributed by atoms with Gasteiger partial charge in [-0.25, -0.2) is 4.79 Å². The summed E-state index contributed by atoms with van der Waals surface area (Å²) in [7, 11) is 0. The summed E-state index contributed by atoms with van der Waals surface area (Å²) >= 11 is 0. The number of hydrogen-bond donors (Lipinski definition) is 0. The quantitative estimate of drug-likeness (QED) is 0.270. The van der Waals surface area contributed by atoms with Crippen molar-refractivity contribution in [2.45, 2.75) is 78.4 Å². The topological polar surface area (TPSA) is 38.8 Å². The summed E-state index contributed by atoms with van der Waals surface area (Å²) < 4.78 is 10.6. The molecule has 1 heterocycles. The van der Waals surface area contributed by atoms with Crippen LogP contribution in [0.4, 0.5) is 0 Å². The number of carbonyl (C=O) groups is 1. The van der Waals surface area contributed by atoms with Crippen molar-refractivity contribution >= 4 is 5.97 Å². The first-order chi connectivity index (χ1) is 9.91. The van der Waals surface area contributed by atoms with Gasteiger partial charge in [0, 0.05) is 6.08 Å². The lowest BCUT2D eigenvalue weighted by atomic mass is 9.99. The van der Waals surface area contributed by atoms with Crippen molar-refractivity contribution in [3.8, 4) is 0 Å². The van der Waals surface area contributed by atoms with E-state index < -0.39 is 0 Å². The maximum atomic E-state index is 11.3. The maximum absolute atomic E-state index is 11.3. The standard InChI is InChI=1S/C18H30O3/c1-6-18(5)16(21-18)12-11-14(3)9-8-10-15(4)13-17(19)20-7-2/h9,13,16H,6-8,10-12H2,1-5H3/b14-9+,15-13+. The Bertz CT molecular complexity index is 409. The van der Waals surface area contributed by atoms with E-state index in [1.54, 1.807) is 6.08 Å². The molecular formula is C18H30O3. The summed E-state index contributed by atoms with van der Waals surface area (Å²) in [5, 5.41) is 0. The molecule has 0 radical (unpaired) electrons. The Labute approximate surface area is 129 Å². The van der Waals surface area contributed by atoms with Crippen LogP contribution < -0.4 is 0 Å². The van der Waals surface area contributed by atoms with Gasteiger partial charge in [0.2, 0.25) is 0 Å². The van der Waals surface area contributed by atoms with Crippen LogP contribution >= 0.6 is 0 Å². The van der Waals surface area contributed by atoms with Crippen molar-refractivity contribution in [3.63, 3.8) is 0 Å². The minimum atomic E-state index is -0.236. The van der Waals surface area contributed by atoms with Crippen LogP contribution in [0.3, 0.4) is 0 Å². The smallest absolute Gasteiger partial charge is 0.330 e. The average molecular weight is 294 g/mol. The summed E-state index contributed by atoms with van der Waals surface area (Å²) in [6.07, 6.45) is 9.50. The molecule has 1 fully saturated rings. The van der Waals surface area contributed by atoms with E-state index >= 15 is 0 Å². The molecule has 0 aliphatic carbocycles. The molecule has 1 rings (SSSR count). The lowest BCUT2D eigenvalue weighted by molar-refractivity contribution is -0.137. The highest BCUT2D eigenvalue weighted by atomic mass is 16.6. The molecule has 1 saturated heterocycles. The highest BCUT2D eigenvalue weighted by Crippen LogP contribution is 2.42. The molecule has 0 aromatic carbocycles. The fourth-order valence-electron chi connectivity index (χ4n) is 2.43. The van der Waals surface area contributed by atoms with E-state index in [-0.39, 0.29) is 11.6 Å². The van der Waals surface area contributed by atoms with Crippen molar-refractivity contribution in [1.82, 2.24) is 0 Å². The number of epoxide rings is 1. The van der Waals surface area contributed by atoms with Crippen molar-refractivity contribution in [1.29, 1.82) is 0 Å². The SMILES string of the molecule is CCOC(=O)/C=C(\C)CC/C=C(\C)CCC1OC1(C)CC. The molecule has 2 atom stereocenters. The molecule has 21 heavy (non-hydrogen) atoms. The molecule has 3 nitrogen and oxygen atoms in total. The van der Waals surface area contributed by atoms with E-state index in [4.69, 9.17) is 9.47 Å². The Morgan fingerprint density at radius 2 is 1.95 bits per heavy atom. The first-order valence-electron chi connectivity index (χ1n) is 8.08. The Morgan fingerprint density at radius 1 is 1.24 bits per heavy atom. The van der Waals surface area contributed by atoms with Gasteiger partial charge in [-0.2, -0.15) is 0 Å². The maximum Gasteiger partial charge on any atom is 0.330 e. The van der Waals surface area contributed by atoms with Gasteiger partial charge < -0.3 is 9.47 Å². The van der Waals surface area contributed by atoms with Crippen LogP contribution in [-0.2, 0) is 14.3 Å². The minimum Gasteiger partial charge on any atom is -0.463 e. The van der Waals surface area contributed by atoms with E-state index in [1.807, 2.05) is 13.8 Å². The third-order valence-corrected chi connectivity index (χ3v) is 4.22. The van der Waals surface area contributed by atoms with Crippen molar-refractivity contribution < 1.29 is 14.3 Å². The number of hydrogen-bond acceptors (Lipinski definition) is 3. The highest BCUT2D eigenvalue weighted by Gasteiger charge is 2.49. The van der Waals surface area contributed by atoms with Gasteiger partial charge in [-0.05, 0) is 59.8 Å². The molecule has 0 amide bonds. The van der Waals surface area contributed by atoms with Crippen LogP contribution in [0.1, 0.15) is 66.7 Å². The summed E-state index contributed by atoms with van der Waals surface area (Å²) in [5.41, 5.74) is 2.62. The van der Waals surface area contributed by atoms with Gasteiger partial charge in [-0.1, -0.05) is 24.1 Å². The van der Waals surface area contributed by atoms with E-state index in [2.05, 4.69) is 26.8 Å². The number of esters is 1. The van der Waals surface area contributed by atoms with Crippen molar-refractivity contribution in [3.05, 3.63) is 23.3 Å². The predicted octanol–water partition coefficient (Wildman–Crippen LogP) is 4.57. The summed E-state index contributed by atoms with van der Waals surface area (Å²) in [5.74, 6) is -0.236. The van der Waals surface area contributed by atoms with Gasteiger partial charge in [0.1, 0.15) is 0 Å². The number of carbonyl (C=O) groups excluding carboxylic acids is 1. The molecule has 0 aromatic heterocycles. The Hall–Kier alpha value is -1.09. The van der Waals surface area contributed by atoms with E-state index in [9.17, 15) is 4.79 Å². The van der Waals surface area contributed by atoms with Crippen LogP contribution in [0.5, 0.6) is 0 Å². The number of ether oxygens (including phenoxy) is 2. The van der Waals surface area contributed by atoms with Crippen LogP contribution in [0.2, 0.25) is 0 Å². The molecule has 0 aromatic rings. The van der Waals surface area contributed by atoms with Crippen LogP contribution in [-0.4, -0.2) is 24.3 Å². The van der Waals surface area contributed by atoms with Gasteiger partial charge in [0.05, 0.1) is 18.3 Å². The Morgan fingerprint density at radius 3 is 2.52 bits per heavy atom. The van der Waals surface area contributed by atoms with E-state index in [0.29, 0.717) is 12.7 Å². The molecule has 3 heteroatoms. The lowest BCUT2D eigenvalue weighted by Gasteiger charge is -2.03.